The third-order valence-corrected chi connectivity index (χ3v) is 2.97. The Labute approximate surface area is 105 Å². The molecular formula is C13H16N2O3. The van der Waals surface area contributed by atoms with Gasteiger partial charge in [0.2, 0.25) is 5.91 Å². The first-order chi connectivity index (χ1) is 8.65. The van der Waals surface area contributed by atoms with Crippen molar-refractivity contribution in [1.82, 2.24) is 5.32 Å². The third-order valence-electron chi connectivity index (χ3n) is 2.97. The highest BCUT2D eigenvalue weighted by Crippen LogP contribution is 2.14. The molecule has 18 heavy (non-hydrogen) atoms. The van der Waals surface area contributed by atoms with E-state index in [4.69, 9.17) is 5.11 Å². The molecule has 1 heterocycles. The minimum atomic E-state index is -0.815. The number of amides is 1. The van der Waals surface area contributed by atoms with Crippen molar-refractivity contribution in [2.75, 3.05) is 18.4 Å². The normalized spacial score (nSPS) is 14.9. The van der Waals surface area contributed by atoms with Crippen LogP contribution in [0, 0.1) is 5.92 Å². The Morgan fingerprint density at radius 2 is 2.17 bits per heavy atom. The summed E-state index contributed by atoms with van der Waals surface area (Å²) in [6.07, 6.45) is 0.577. The van der Waals surface area contributed by atoms with Gasteiger partial charge in [-0.25, -0.2) is 0 Å². The van der Waals surface area contributed by atoms with Crippen LogP contribution >= 0.6 is 0 Å². The lowest BCUT2D eigenvalue weighted by Gasteiger charge is -2.25. The van der Waals surface area contributed by atoms with Crippen LogP contribution in [-0.4, -0.2) is 30.1 Å². The van der Waals surface area contributed by atoms with Gasteiger partial charge in [0.05, 0.1) is 5.92 Å². The van der Waals surface area contributed by atoms with Gasteiger partial charge in [0.1, 0.15) is 0 Å². The lowest BCUT2D eigenvalue weighted by atomic mass is 10.0. The molecular weight excluding hydrogens is 232 g/mol. The summed E-state index contributed by atoms with van der Waals surface area (Å²) in [6.45, 7) is 1.45. The summed E-state index contributed by atoms with van der Waals surface area (Å²) >= 11 is 0. The number of aliphatic carboxylic acids is 1. The zero-order valence-electron chi connectivity index (χ0n) is 9.98. The summed E-state index contributed by atoms with van der Waals surface area (Å²) in [5.41, 5.74) is 1.65. The van der Waals surface area contributed by atoms with Crippen molar-refractivity contribution in [2.24, 2.45) is 5.92 Å². The van der Waals surface area contributed by atoms with Gasteiger partial charge in [-0.2, -0.15) is 0 Å². The molecule has 0 saturated carbocycles. The van der Waals surface area contributed by atoms with Crippen molar-refractivity contribution < 1.29 is 14.7 Å². The number of carboxylic acid groups (broad SMARTS) is 1. The second kappa shape index (κ2) is 5.64. The number of hydrogen-bond acceptors (Lipinski definition) is 3. The average Bonchev–Trinajstić information content (AvgIpc) is 2.24. The Hall–Kier alpha value is -1.88. The first kappa shape index (κ1) is 12.6. The molecule has 1 aromatic rings. The number of hydrogen-bond donors (Lipinski definition) is 3. The highest BCUT2D eigenvalue weighted by Gasteiger charge is 2.24. The van der Waals surface area contributed by atoms with E-state index in [0.717, 1.165) is 24.3 Å². The lowest BCUT2D eigenvalue weighted by molar-refractivity contribution is -0.137. The maximum Gasteiger partial charge on any atom is 0.303 e. The van der Waals surface area contributed by atoms with Crippen LogP contribution in [0.15, 0.2) is 24.3 Å². The van der Waals surface area contributed by atoms with Gasteiger partial charge in [-0.1, -0.05) is 12.1 Å². The molecule has 0 spiro atoms. The molecule has 0 bridgehead atoms. The second-order valence-corrected chi connectivity index (χ2v) is 4.44. The predicted octanol–water partition coefficient (Wildman–Crippen LogP) is 0.862. The first-order valence-corrected chi connectivity index (χ1v) is 5.97. The van der Waals surface area contributed by atoms with Gasteiger partial charge in [-0.15, -0.1) is 0 Å². The van der Waals surface area contributed by atoms with E-state index in [1.54, 1.807) is 0 Å². The monoisotopic (exact) mass is 248 g/mol. The fraction of sp³-hybridized carbons (Fsp3) is 0.385. The highest BCUT2D eigenvalue weighted by molar-refractivity contribution is 5.93. The third kappa shape index (κ3) is 3.30. The minimum Gasteiger partial charge on any atom is -0.481 e. The van der Waals surface area contributed by atoms with Crippen molar-refractivity contribution in [3.8, 4) is 0 Å². The molecule has 96 valence electrons. The van der Waals surface area contributed by atoms with E-state index in [0.29, 0.717) is 6.42 Å². The second-order valence-electron chi connectivity index (χ2n) is 4.44. The van der Waals surface area contributed by atoms with Crippen molar-refractivity contribution in [1.29, 1.82) is 0 Å². The fourth-order valence-electron chi connectivity index (χ4n) is 1.77. The molecule has 5 heteroatoms. The van der Waals surface area contributed by atoms with Crippen molar-refractivity contribution in [3.63, 3.8) is 0 Å². The molecule has 2 rings (SSSR count). The van der Waals surface area contributed by atoms with E-state index in [1.807, 2.05) is 24.3 Å². The van der Waals surface area contributed by atoms with Gasteiger partial charge in [0, 0.05) is 25.2 Å². The van der Waals surface area contributed by atoms with E-state index in [9.17, 15) is 9.59 Å². The molecule has 0 aliphatic carbocycles. The molecule has 1 fully saturated rings. The maximum absolute atomic E-state index is 11.7. The summed E-state index contributed by atoms with van der Waals surface area (Å²) in [4.78, 5) is 22.2. The molecule has 1 saturated heterocycles. The number of carboxylic acids is 1. The van der Waals surface area contributed by atoms with E-state index >= 15 is 0 Å². The van der Waals surface area contributed by atoms with Crippen LogP contribution in [0.1, 0.15) is 12.0 Å². The summed E-state index contributed by atoms with van der Waals surface area (Å²) in [5.74, 6) is -0.748. The van der Waals surface area contributed by atoms with Crippen molar-refractivity contribution in [2.45, 2.75) is 12.8 Å². The number of anilines is 1. The van der Waals surface area contributed by atoms with E-state index in [-0.39, 0.29) is 18.2 Å². The van der Waals surface area contributed by atoms with Crippen LogP contribution in [0.5, 0.6) is 0 Å². The van der Waals surface area contributed by atoms with Crippen molar-refractivity contribution >= 4 is 17.6 Å². The molecule has 0 radical (unpaired) electrons. The topological polar surface area (TPSA) is 78.4 Å². The predicted molar refractivity (Wildman–Crippen MR) is 67.4 cm³/mol. The van der Waals surface area contributed by atoms with Crippen LogP contribution in [0.2, 0.25) is 0 Å². The summed E-state index contributed by atoms with van der Waals surface area (Å²) < 4.78 is 0. The van der Waals surface area contributed by atoms with E-state index in [2.05, 4.69) is 10.6 Å². The van der Waals surface area contributed by atoms with Gasteiger partial charge < -0.3 is 15.7 Å². The van der Waals surface area contributed by atoms with Gasteiger partial charge in [-0.05, 0) is 24.1 Å². The number of aryl methyl sites for hydroxylation is 1. The van der Waals surface area contributed by atoms with Gasteiger partial charge in [-0.3, -0.25) is 9.59 Å². The van der Waals surface area contributed by atoms with Crippen LogP contribution in [0.4, 0.5) is 5.69 Å². The fourth-order valence-corrected chi connectivity index (χ4v) is 1.77. The van der Waals surface area contributed by atoms with Gasteiger partial charge in [0.15, 0.2) is 0 Å². The molecule has 1 aliphatic heterocycles. The Bertz CT molecular complexity index is 455. The Kier molecular flexibility index (Phi) is 3.94. The van der Waals surface area contributed by atoms with Gasteiger partial charge >= 0.3 is 5.97 Å². The average molecular weight is 248 g/mol. The highest BCUT2D eigenvalue weighted by atomic mass is 16.4. The Morgan fingerprint density at radius 3 is 2.78 bits per heavy atom. The number of rotatable bonds is 5. The molecule has 1 aromatic carbocycles. The molecule has 0 atom stereocenters. The molecule has 1 aliphatic rings. The molecule has 3 N–H and O–H groups in total. The maximum atomic E-state index is 11.7. The Morgan fingerprint density at radius 1 is 1.39 bits per heavy atom. The summed E-state index contributed by atoms with van der Waals surface area (Å²) in [7, 11) is 0. The Balaban J connectivity index is 1.93. The lowest BCUT2D eigenvalue weighted by Crippen LogP contribution is -2.48. The molecule has 0 aromatic heterocycles. The van der Waals surface area contributed by atoms with Crippen LogP contribution in [0.25, 0.3) is 0 Å². The summed E-state index contributed by atoms with van der Waals surface area (Å²) in [6, 6.07) is 7.33. The molecule has 0 unspecified atom stereocenters. The number of benzene rings is 1. The number of carbonyl (C=O) groups excluding carboxylic acids is 1. The molecule has 5 nitrogen and oxygen atoms in total. The number of carbonyl (C=O) groups is 2. The zero-order chi connectivity index (χ0) is 13.0. The number of nitrogens with one attached hydrogen (secondary N) is 2. The van der Waals surface area contributed by atoms with Crippen LogP contribution < -0.4 is 10.6 Å². The van der Waals surface area contributed by atoms with Crippen LogP contribution in [0.3, 0.4) is 0 Å². The largest absolute Gasteiger partial charge is 0.481 e. The van der Waals surface area contributed by atoms with Crippen molar-refractivity contribution in [3.05, 3.63) is 29.8 Å². The van der Waals surface area contributed by atoms with Crippen LogP contribution in [-0.2, 0) is 16.0 Å². The zero-order valence-corrected chi connectivity index (χ0v) is 9.98. The smallest absolute Gasteiger partial charge is 0.303 e. The minimum absolute atomic E-state index is 0.0177. The summed E-state index contributed by atoms with van der Waals surface area (Å²) in [5, 5.41) is 14.5. The standard InChI is InChI=1S/C13H16N2O3/c16-12(17)5-4-9-2-1-3-11(6-9)15-13(18)10-7-14-8-10/h1-3,6,10,14H,4-5,7-8H2,(H,15,18)(H,16,17). The van der Waals surface area contributed by atoms with Gasteiger partial charge in [0.25, 0.3) is 0 Å². The first-order valence-electron chi connectivity index (χ1n) is 5.97. The quantitative estimate of drug-likeness (QED) is 0.722. The van der Waals surface area contributed by atoms with E-state index in [1.165, 1.54) is 0 Å². The SMILES string of the molecule is O=C(O)CCc1cccc(NC(=O)C2CNC2)c1. The molecule has 1 amide bonds. The van der Waals surface area contributed by atoms with E-state index < -0.39 is 5.97 Å².